The first kappa shape index (κ1) is 22.9. The van der Waals surface area contributed by atoms with Crippen molar-refractivity contribution >= 4 is 21.6 Å². The van der Waals surface area contributed by atoms with Crippen molar-refractivity contribution in [1.29, 1.82) is 0 Å². The number of nitrogens with one attached hydrogen (secondary N) is 2. The Morgan fingerprint density at radius 1 is 1.07 bits per heavy atom. The van der Waals surface area contributed by atoms with Crippen molar-refractivity contribution in [3.63, 3.8) is 0 Å². The van der Waals surface area contributed by atoms with Crippen molar-refractivity contribution in [2.75, 3.05) is 32.1 Å². The first-order valence-electron chi connectivity index (χ1n) is 9.59. The van der Waals surface area contributed by atoms with Crippen LogP contribution in [0.2, 0.25) is 0 Å². The van der Waals surface area contributed by atoms with E-state index in [4.69, 9.17) is 4.74 Å². The molecule has 0 saturated heterocycles. The fourth-order valence-electron chi connectivity index (χ4n) is 2.95. The number of para-hydroxylation sites is 2. The van der Waals surface area contributed by atoms with Gasteiger partial charge < -0.3 is 15.4 Å². The van der Waals surface area contributed by atoms with Crippen LogP contribution in [0, 0.1) is 0 Å². The smallest absolute Gasteiger partial charge is 0.243 e. The highest BCUT2D eigenvalue weighted by molar-refractivity contribution is 7.89. The average Bonchev–Trinajstić information content (AvgIpc) is 2.73. The number of amides is 1. The zero-order valence-electron chi connectivity index (χ0n) is 17.3. The predicted octanol–water partition coefficient (Wildman–Crippen LogP) is 3.02. The zero-order chi connectivity index (χ0) is 21.4. The molecule has 1 amide bonds. The SMILES string of the molecule is CCN(CC)S(=O)(=O)c1ccc([C@H](C)NCC(=O)Nc2ccccc2OC)cc1. The monoisotopic (exact) mass is 419 g/mol. The Morgan fingerprint density at radius 3 is 2.28 bits per heavy atom. The molecule has 2 aromatic rings. The lowest BCUT2D eigenvalue weighted by Crippen LogP contribution is -2.31. The Labute approximate surface area is 173 Å². The van der Waals surface area contributed by atoms with Gasteiger partial charge in [-0.1, -0.05) is 38.1 Å². The summed E-state index contributed by atoms with van der Waals surface area (Å²) in [5, 5.41) is 5.96. The number of ether oxygens (including phenoxy) is 1. The maximum Gasteiger partial charge on any atom is 0.243 e. The number of anilines is 1. The Hall–Kier alpha value is -2.42. The second-order valence-corrected chi connectivity index (χ2v) is 8.45. The van der Waals surface area contributed by atoms with Crippen LogP contribution in [0.15, 0.2) is 53.4 Å². The van der Waals surface area contributed by atoms with E-state index in [2.05, 4.69) is 10.6 Å². The van der Waals surface area contributed by atoms with Gasteiger partial charge in [-0.2, -0.15) is 4.31 Å². The number of carbonyl (C=O) groups is 1. The molecule has 2 N–H and O–H groups in total. The van der Waals surface area contributed by atoms with Crippen LogP contribution in [0.5, 0.6) is 5.75 Å². The fourth-order valence-corrected chi connectivity index (χ4v) is 4.41. The lowest BCUT2D eigenvalue weighted by atomic mass is 10.1. The zero-order valence-corrected chi connectivity index (χ0v) is 18.1. The Kier molecular flexibility index (Phi) is 8.19. The Balaban J connectivity index is 1.97. The fraction of sp³-hybridized carbons (Fsp3) is 0.381. The first-order valence-corrected chi connectivity index (χ1v) is 11.0. The van der Waals surface area contributed by atoms with Gasteiger partial charge in [-0.25, -0.2) is 8.42 Å². The second kappa shape index (κ2) is 10.4. The highest BCUT2D eigenvalue weighted by Gasteiger charge is 2.21. The molecule has 0 radical (unpaired) electrons. The van der Waals surface area contributed by atoms with Crippen LogP contribution in [-0.4, -0.2) is 45.4 Å². The van der Waals surface area contributed by atoms with E-state index >= 15 is 0 Å². The quantitative estimate of drug-likeness (QED) is 0.618. The molecule has 0 bridgehead atoms. The third kappa shape index (κ3) is 5.79. The number of sulfonamides is 1. The van der Waals surface area contributed by atoms with E-state index in [0.29, 0.717) is 24.5 Å². The van der Waals surface area contributed by atoms with Gasteiger partial charge in [-0.3, -0.25) is 4.79 Å². The predicted molar refractivity (Wildman–Crippen MR) is 115 cm³/mol. The van der Waals surface area contributed by atoms with Crippen LogP contribution in [0.4, 0.5) is 5.69 Å². The van der Waals surface area contributed by atoms with E-state index in [9.17, 15) is 13.2 Å². The molecule has 1 atom stereocenters. The van der Waals surface area contributed by atoms with Gasteiger partial charge in [0.2, 0.25) is 15.9 Å². The van der Waals surface area contributed by atoms with Crippen LogP contribution in [0.3, 0.4) is 0 Å². The number of methoxy groups -OCH3 is 1. The van der Waals surface area contributed by atoms with Crippen molar-refractivity contribution in [3.05, 3.63) is 54.1 Å². The molecular formula is C21H29N3O4S. The minimum Gasteiger partial charge on any atom is -0.495 e. The second-order valence-electron chi connectivity index (χ2n) is 6.51. The Morgan fingerprint density at radius 2 is 1.69 bits per heavy atom. The van der Waals surface area contributed by atoms with Gasteiger partial charge in [0, 0.05) is 19.1 Å². The number of nitrogens with zero attached hydrogens (tertiary/aromatic N) is 1. The molecule has 0 aliphatic heterocycles. The summed E-state index contributed by atoms with van der Waals surface area (Å²) in [4.78, 5) is 12.5. The maximum absolute atomic E-state index is 12.6. The molecule has 0 aromatic heterocycles. The summed E-state index contributed by atoms with van der Waals surface area (Å²) in [7, 11) is -1.92. The van der Waals surface area contributed by atoms with Crippen LogP contribution >= 0.6 is 0 Å². The molecule has 7 nitrogen and oxygen atoms in total. The molecule has 0 spiro atoms. The van der Waals surface area contributed by atoms with Crippen molar-refractivity contribution < 1.29 is 17.9 Å². The topological polar surface area (TPSA) is 87.7 Å². The van der Waals surface area contributed by atoms with Crippen LogP contribution in [0.1, 0.15) is 32.4 Å². The molecular weight excluding hydrogens is 390 g/mol. The van der Waals surface area contributed by atoms with Gasteiger partial charge in [0.05, 0.1) is 24.2 Å². The average molecular weight is 420 g/mol. The van der Waals surface area contributed by atoms with Gasteiger partial charge >= 0.3 is 0 Å². The summed E-state index contributed by atoms with van der Waals surface area (Å²) in [6.45, 7) is 6.53. The molecule has 0 unspecified atom stereocenters. The van der Waals surface area contributed by atoms with E-state index < -0.39 is 10.0 Å². The summed E-state index contributed by atoms with van der Waals surface area (Å²) in [5.41, 5.74) is 1.51. The minimum absolute atomic E-state index is 0.110. The summed E-state index contributed by atoms with van der Waals surface area (Å²) >= 11 is 0. The standard InChI is InChI=1S/C21H29N3O4S/c1-5-24(6-2)29(26,27)18-13-11-17(12-14-18)16(3)22-15-21(25)23-19-9-7-8-10-20(19)28-4/h7-14,16,22H,5-6,15H2,1-4H3,(H,23,25)/t16-/m0/s1. The molecule has 0 aliphatic carbocycles. The van der Waals surface area contributed by atoms with Crippen LogP contribution in [-0.2, 0) is 14.8 Å². The molecule has 158 valence electrons. The van der Waals surface area contributed by atoms with Crippen molar-refractivity contribution in [2.24, 2.45) is 0 Å². The number of carbonyl (C=O) groups excluding carboxylic acids is 1. The van der Waals surface area contributed by atoms with Crippen molar-refractivity contribution in [2.45, 2.75) is 31.7 Å². The number of rotatable bonds is 10. The molecule has 2 aromatic carbocycles. The molecule has 29 heavy (non-hydrogen) atoms. The minimum atomic E-state index is -3.47. The summed E-state index contributed by atoms with van der Waals surface area (Å²) in [6.07, 6.45) is 0. The van der Waals surface area contributed by atoms with Gasteiger partial charge in [0.1, 0.15) is 5.75 Å². The van der Waals surface area contributed by atoms with Crippen molar-refractivity contribution in [1.82, 2.24) is 9.62 Å². The highest BCUT2D eigenvalue weighted by atomic mass is 32.2. The van der Waals surface area contributed by atoms with E-state index in [-0.39, 0.29) is 23.4 Å². The number of hydrogen-bond donors (Lipinski definition) is 2. The van der Waals surface area contributed by atoms with Gasteiger partial charge in [-0.05, 0) is 36.8 Å². The normalized spacial score (nSPS) is 12.6. The lowest BCUT2D eigenvalue weighted by Gasteiger charge is -2.19. The first-order chi connectivity index (χ1) is 13.8. The summed E-state index contributed by atoms with van der Waals surface area (Å²) in [5.74, 6) is 0.404. The van der Waals surface area contributed by atoms with Gasteiger partial charge in [0.15, 0.2) is 0 Å². The summed E-state index contributed by atoms with van der Waals surface area (Å²) < 4.78 is 31.8. The molecule has 0 heterocycles. The third-order valence-corrected chi connectivity index (χ3v) is 6.74. The third-order valence-electron chi connectivity index (χ3n) is 4.67. The maximum atomic E-state index is 12.6. The molecule has 0 aliphatic rings. The van der Waals surface area contributed by atoms with Crippen LogP contribution < -0.4 is 15.4 Å². The highest BCUT2D eigenvalue weighted by Crippen LogP contribution is 2.23. The molecule has 8 heteroatoms. The van der Waals surface area contributed by atoms with E-state index in [0.717, 1.165) is 5.56 Å². The van der Waals surface area contributed by atoms with Gasteiger partial charge in [0.25, 0.3) is 0 Å². The molecule has 2 rings (SSSR count). The lowest BCUT2D eigenvalue weighted by molar-refractivity contribution is -0.115. The van der Waals surface area contributed by atoms with E-state index in [1.165, 1.54) is 4.31 Å². The largest absolute Gasteiger partial charge is 0.495 e. The van der Waals surface area contributed by atoms with E-state index in [1.54, 1.807) is 43.5 Å². The van der Waals surface area contributed by atoms with Crippen LogP contribution in [0.25, 0.3) is 0 Å². The Bertz CT molecular complexity index is 910. The number of benzene rings is 2. The van der Waals surface area contributed by atoms with Crippen molar-refractivity contribution in [3.8, 4) is 5.75 Å². The summed E-state index contributed by atoms with van der Waals surface area (Å²) in [6, 6.07) is 13.8. The van der Waals surface area contributed by atoms with E-state index in [1.807, 2.05) is 32.9 Å². The molecule has 0 saturated carbocycles. The number of hydrogen-bond acceptors (Lipinski definition) is 5. The molecule has 0 fully saturated rings. The van der Waals surface area contributed by atoms with Gasteiger partial charge in [-0.15, -0.1) is 0 Å².